The molecular weight excluding hydrogens is 242 g/mol. The minimum Gasteiger partial charge on any atom is -0.228 e. The highest BCUT2D eigenvalue weighted by Gasteiger charge is 2.08. The molecule has 1 aromatic carbocycles. The van der Waals surface area contributed by atoms with Gasteiger partial charge in [0.1, 0.15) is 0 Å². The van der Waals surface area contributed by atoms with Gasteiger partial charge in [-0.25, -0.2) is 9.50 Å². The summed E-state index contributed by atoms with van der Waals surface area (Å²) in [6, 6.07) is 14.4. The molecule has 0 amide bonds. The summed E-state index contributed by atoms with van der Waals surface area (Å²) in [5.41, 5.74) is 4.22. The fourth-order valence-corrected chi connectivity index (χ4v) is 2.53. The van der Waals surface area contributed by atoms with Gasteiger partial charge in [-0.2, -0.15) is 5.10 Å². The summed E-state index contributed by atoms with van der Waals surface area (Å²) in [7, 11) is 0. The number of thioether (sulfide) groups is 1. The maximum atomic E-state index is 4.63. The molecule has 0 aliphatic carbocycles. The third-order valence-corrected chi connectivity index (χ3v) is 3.43. The van der Waals surface area contributed by atoms with Gasteiger partial charge in [0.25, 0.3) is 0 Å². The van der Waals surface area contributed by atoms with E-state index in [4.69, 9.17) is 0 Å². The van der Waals surface area contributed by atoms with E-state index in [0.717, 1.165) is 27.6 Å². The van der Waals surface area contributed by atoms with Crippen LogP contribution in [0.2, 0.25) is 0 Å². The van der Waals surface area contributed by atoms with Crippen molar-refractivity contribution < 1.29 is 0 Å². The summed E-state index contributed by atoms with van der Waals surface area (Å²) in [5, 5.41) is 5.55. The molecule has 90 valence electrons. The Hall–Kier alpha value is -1.81. The molecule has 0 unspecified atom stereocenters. The number of nitrogens with zero attached hydrogens (tertiary/aromatic N) is 3. The number of aromatic nitrogens is 3. The minimum atomic E-state index is 0.923. The van der Waals surface area contributed by atoms with Crippen molar-refractivity contribution in [3.05, 3.63) is 48.2 Å². The van der Waals surface area contributed by atoms with E-state index in [2.05, 4.69) is 34.3 Å². The molecule has 0 N–H and O–H groups in total. The van der Waals surface area contributed by atoms with Gasteiger partial charge in [0.2, 0.25) is 0 Å². The van der Waals surface area contributed by atoms with Crippen molar-refractivity contribution in [2.45, 2.75) is 12.1 Å². The van der Waals surface area contributed by atoms with Gasteiger partial charge in [0.15, 0.2) is 5.16 Å². The van der Waals surface area contributed by atoms with E-state index in [-0.39, 0.29) is 0 Å². The lowest BCUT2D eigenvalue weighted by Crippen LogP contribution is -1.97. The maximum absolute atomic E-state index is 4.63. The second-order valence-electron chi connectivity index (χ2n) is 4.12. The SMILES string of the molecule is CSc1nc(C)cc2cc(-c3ccccc3)nn12. The van der Waals surface area contributed by atoms with Crippen LogP contribution in [0.1, 0.15) is 5.69 Å². The molecule has 0 saturated carbocycles. The first-order chi connectivity index (χ1) is 8.78. The quantitative estimate of drug-likeness (QED) is 0.519. The smallest absolute Gasteiger partial charge is 0.189 e. The Labute approximate surface area is 110 Å². The number of aryl methyl sites for hydroxylation is 1. The lowest BCUT2D eigenvalue weighted by molar-refractivity contribution is 0.787. The summed E-state index contributed by atoms with van der Waals surface area (Å²) >= 11 is 1.61. The van der Waals surface area contributed by atoms with E-state index in [0.29, 0.717) is 0 Å². The largest absolute Gasteiger partial charge is 0.228 e. The Kier molecular flexibility index (Phi) is 2.80. The maximum Gasteiger partial charge on any atom is 0.189 e. The summed E-state index contributed by atoms with van der Waals surface area (Å²) in [6.45, 7) is 2.01. The molecule has 0 aliphatic heterocycles. The van der Waals surface area contributed by atoms with Gasteiger partial charge < -0.3 is 0 Å². The lowest BCUT2D eigenvalue weighted by Gasteiger charge is -2.01. The molecular formula is C14H13N3S. The number of benzene rings is 1. The van der Waals surface area contributed by atoms with Crippen LogP contribution in [0.25, 0.3) is 16.8 Å². The topological polar surface area (TPSA) is 30.2 Å². The molecule has 3 nitrogen and oxygen atoms in total. The van der Waals surface area contributed by atoms with Crippen molar-refractivity contribution in [1.82, 2.24) is 14.6 Å². The number of rotatable bonds is 2. The van der Waals surface area contributed by atoms with Crippen LogP contribution in [0.15, 0.2) is 47.6 Å². The third-order valence-electron chi connectivity index (χ3n) is 2.80. The highest BCUT2D eigenvalue weighted by Crippen LogP contribution is 2.22. The van der Waals surface area contributed by atoms with E-state index >= 15 is 0 Å². The summed E-state index contributed by atoms with van der Waals surface area (Å²) in [5.74, 6) is 0. The number of hydrogen-bond donors (Lipinski definition) is 0. The molecule has 0 atom stereocenters. The minimum absolute atomic E-state index is 0.923. The van der Waals surface area contributed by atoms with E-state index in [1.807, 2.05) is 35.9 Å². The average Bonchev–Trinajstić information content (AvgIpc) is 2.82. The van der Waals surface area contributed by atoms with Gasteiger partial charge >= 0.3 is 0 Å². The molecule has 4 heteroatoms. The molecule has 0 fully saturated rings. The molecule has 3 aromatic rings. The zero-order valence-corrected chi connectivity index (χ0v) is 11.1. The van der Waals surface area contributed by atoms with Gasteiger partial charge in [-0.15, -0.1) is 0 Å². The molecule has 0 spiro atoms. The Morgan fingerprint density at radius 1 is 1.11 bits per heavy atom. The fourth-order valence-electron chi connectivity index (χ4n) is 1.98. The van der Waals surface area contributed by atoms with Crippen LogP contribution in [0.5, 0.6) is 0 Å². The lowest BCUT2D eigenvalue weighted by atomic mass is 10.1. The van der Waals surface area contributed by atoms with Crippen LogP contribution < -0.4 is 0 Å². The van der Waals surface area contributed by atoms with Crippen LogP contribution in [-0.4, -0.2) is 20.9 Å². The monoisotopic (exact) mass is 255 g/mol. The molecule has 2 aromatic heterocycles. The fraction of sp³-hybridized carbons (Fsp3) is 0.143. The Balaban J connectivity index is 2.23. The van der Waals surface area contributed by atoms with Gasteiger partial charge in [-0.05, 0) is 25.3 Å². The third kappa shape index (κ3) is 1.88. The zero-order chi connectivity index (χ0) is 12.5. The van der Waals surface area contributed by atoms with Gasteiger partial charge in [-0.1, -0.05) is 42.1 Å². The molecule has 0 saturated heterocycles. The normalized spacial score (nSPS) is 11.0. The predicted molar refractivity (Wildman–Crippen MR) is 74.9 cm³/mol. The molecule has 0 bridgehead atoms. The Bertz CT molecular complexity index is 689. The van der Waals surface area contributed by atoms with Gasteiger partial charge in [-0.3, -0.25) is 0 Å². The highest BCUT2D eigenvalue weighted by atomic mass is 32.2. The van der Waals surface area contributed by atoms with Crippen LogP contribution in [0.3, 0.4) is 0 Å². The first-order valence-corrected chi connectivity index (χ1v) is 6.97. The molecule has 18 heavy (non-hydrogen) atoms. The van der Waals surface area contributed by atoms with Crippen molar-refractivity contribution in [2.24, 2.45) is 0 Å². The van der Waals surface area contributed by atoms with Crippen molar-refractivity contribution in [3.8, 4) is 11.3 Å². The molecule has 2 heterocycles. The first kappa shape index (κ1) is 11.3. The van der Waals surface area contributed by atoms with E-state index in [1.165, 1.54) is 0 Å². The van der Waals surface area contributed by atoms with Crippen LogP contribution in [-0.2, 0) is 0 Å². The van der Waals surface area contributed by atoms with E-state index < -0.39 is 0 Å². The van der Waals surface area contributed by atoms with Crippen molar-refractivity contribution >= 4 is 17.3 Å². The van der Waals surface area contributed by atoms with Gasteiger partial charge in [0, 0.05) is 11.3 Å². The predicted octanol–water partition coefficient (Wildman–Crippen LogP) is 3.43. The van der Waals surface area contributed by atoms with Crippen LogP contribution in [0.4, 0.5) is 0 Å². The second-order valence-corrected chi connectivity index (χ2v) is 4.89. The highest BCUT2D eigenvalue weighted by molar-refractivity contribution is 7.98. The first-order valence-electron chi connectivity index (χ1n) is 5.75. The van der Waals surface area contributed by atoms with E-state index in [9.17, 15) is 0 Å². The number of hydrogen-bond acceptors (Lipinski definition) is 3. The summed E-state index contributed by atoms with van der Waals surface area (Å²) in [6.07, 6.45) is 2.02. The Morgan fingerprint density at radius 3 is 2.61 bits per heavy atom. The number of fused-ring (bicyclic) bond motifs is 1. The molecule has 0 radical (unpaired) electrons. The Morgan fingerprint density at radius 2 is 1.89 bits per heavy atom. The zero-order valence-electron chi connectivity index (χ0n) is 10.3. The second kappa shape index (κ2) is 4.46. The van der Waals surface area contributed by atoms with Crippen molar-refractivity contribution in [1.29, 1.82) is 0 Å². The summed E-state index contributed by atoms with van der Waals surface area (Å²) in [4.78, 5) is 4.49. The molecule has 3 rings (SSSR count). The van der Waals surface area contributed by atoms with Crippen molar-refractivity contribution in [3.63, 3.8) is 0 Å². The average molecular weight is 255 g/mol. The standard InChI is InChI=1S/C14H13N3S/c1-10-8-12-9-13(11-6-4-3-5-7-11)16-17(12)14(15-10)18-2/h3-9H,1-2H3. The molecule has 0 aliphatic rings. The van der Waals surface area contributed by atoms with E-state index in [1.54, 1.807) is 11.8 Å². The summed E-state index contributed by atoms with van der Waals surface area (Å²) < 4.78 is 1.90. The van der Waals surface area contributed by atoms with Crippen molar-refractivity contribution in [2.75, 3.05) is 6.26 Å². The van der Waals surface area contributed by atoms with Crippen LogP contribution in [0, 0.1) is 6.92 Å². The van der Waals surface area contributed by atoms with Gasteiger partial charge in [0.05, 0.1) is 11.2 Å². The van der Waals surface area contributed by atoms with Crippen LogP contribution >= 0.6 is 11.8 Å².